The van der Waals surface area contributed by atoms with Crippen molar-refractivity contribution in [1.82, 2.24) is 15.1 Å². The molecule has 1 saturated heterocycles. The number of amides is 1. The highest BCUT2D eigenvalue weighted by Crippen LogP contribution is 2.11. The highest BCUT2D eigenvalue weighted by Gasteiger charge is 2.25. The maximum Gasteiger partial charge on any atom is 0.237 e. The van der Waals surface area contributed by atoms with Gasteiger partial charge in [-0.05, 0) is 36.6 Å². The van der Waals surface area contributed by atoms with Crippen LogP contribution in [0, 0.1) is 5.82 Å². The Bertz CT molecular complexity index is 712. The Hall–Kier alpha value is -2.24. The van der Waals surface area contributed by atoms with Gasteiger partial charge in [-0.1, -0.05) is 42.5 Å². The first-order valence-electron chi connectivity index (χ1n) is 9.64. The molecule has 0 unspecified atom stereocenters. The predicted molar refractivity (Wildman–Crippen MR) is 106 cm³/mol. The van der Waals surface area contributed by atoms with Crippen LogP contribution in [0.5, 0.6) is 0 Å². The molecule has 1 aliphatic rings. The Morgan fingerprint density at radius 2 is 1.67 bits per heavy atom. The van der Waals surface area contributed by atoms with Gasteiger partial charge in [-0.25, -0.2) is 4.39 Å². The van der Waals surface area contributed by atoms with Crippen LogP contribution < -0.4 is 5.32 Å². The van der Waals surface area contributed by atoms with Crippen LogP contribution in [-0.2, 0) is 17.8 Å². The molecule has 1 aliphatic heterocycles. The van der Waals surface area contributed by atoms with Gasteiger partial charge < -0.3 is 5.32 Å². The van der Waals surface area contributed by atoms with Crippen molar-refractivity contribution in [1.29, 1.82) is 0 Å². The van der Waals surface area contributed by atoms with E-state index >= 15 is 0 Å². The number of nitrogens with zero attached hydrogens (tertiary/aromatic N) is 2. The fraction of sp³-hybridized carbons (Fsp3) is 0.409. The summed E-state index contributed by atoms with van der Waals surface area (Å²) in [5.74, 6) is -0.170. The quantitative estimate of drug-likeness (QED) is 0.815. The van der Waals surface area contributed by atoms with Crippen molar-refractivity contribution in [2.45, 2.75) is 25.9 Å². The van der Waals surface area contributed by atoms with E-state index in [4.69, 9.17) is 0 Å². The monoisotopic (exact) mass is 369 g/mol. The minimum Gasteiger partial charge on any atom is -0.354 e. The molecule has 2 aromatic carbocycles. The first-order chi connectivity index (χ1) is 13.1. The van der Waals surface area contributed by atoms with E-state index in [0.29, 0.717) is 13.0 Å². The first-order valence-corrected chi connectivity index (χ1v) is 9.64. The molecule has 27 heavy (non-hydrogen) atoms. The second-order valence-corrected chi connectivity index (χ2v) is 7.14. The van der Waals surface area contributed by atoms with E-state index in [9.17, 15) is 9.18 Å². The number of halogens is 1. The third-order valence-electron chi connectivity index (χ3n) is 5.21. The SMILES string of the molecule is C[C@H](C(=O)NCCc1ccc(F)cc1)N1CCN(Cc2ccccc2)CC1. The van der Waals surface area contributed by atoms with E-state index in [2.05, 4.69) is 39.4 Å². The number of hydrogen-bond acceptors (Lipinski definition) is 3. The Morgan fingerprint density at radius 3 is 2.33 bits per heavy atom. The van der Waals surface area contributed by atoms with Gasteiger partial charge in [0.15, 0.2) is 0 Å². The lowest BCUT2D eigenvalue weighted by Crippen LogP contribution is -2.53. The van der Waals surface area contributed by atoms with Crippen molar-refractivity contribution in [2.24, 2.45) is 0 Å². The smallest absolute Gasteiger partial charge is 0.237 e. The van der Waals surface area contributed by atoms with Crippen molar-refractivity contribution in [3.8, 4) is 0 Å². The van der Waals surface area contributed by atoms with Crippen LogP contribution in [0.2, 0.25) is 0 Å². The number of benzene rings is 2. The van der Waals surface area contributed by atoms with Crippen LogP contribution in [0.25, 0.3) is 0 Å². The zero-order valence-corrected chi connectivity index (χ0v) is 15.9. The molecule has 1 amide bonds. The van der Waals surface area contributed by atoms with Gasteiger partial charge in [-0.15, -0.1) is 0 Å². The standard InChI is InChI=1S/C22H28FN3O/c1-18(22(27)24-12-11-19-7-9-21(23)10-8-19)26-15-13-25(14-16-26)17-20-5-3-2-4-6-20/h2-10,18H,11-17H2,1H3,(H,24,27)/t18-/m1/s1. The summed E-state index contributed by atoms with van der Waals surface area (Å²) in [5.41, 5.74) is 2.36. The van der Waals surface area contributed by atoms with Gasteiger partial charge in [0.05, 0.1) is 6.04 Å². The molecule has 0 aliphatic carbocycles. The summed E-state index contributed by atoms with van der Waals surface area (Å²) in [6, 6.07) is 16.8. The fourth-order valence-electron chi connectivity index (χ4n) is 3.45. The zero-order chi connectivity index (χ0) is 19.1. The van der Waals surface area contributed by atoms with Gasteiger partial charge in [0.25, 0.3) is 0 Å². The summed E-state index contributed by atoms with van der Waals surface area (Å²) in [6.07, 6.45) is 0.712. The molecule has 3 rings (SSSR count). The van der Waals surface area contributed by atoms with E-state index in [0.717, 1.165) is 38.3 Å². The van der Waals surface area contributed by atoms with Crippen molar-refractivity contribution in [2.75, 3.05) is 32.7 Å². The van der Waals surface area contributed by atoms with Crippen LogP contribution in [0.4, 0.5) is 4.39 Å². The van der Waals surface area contributed by atoms with Crippen molar-refractivity contribution in [3.05, 3.63) is 71.5 Å². The molecular formula is C22H28FN3O. The van der Waals surface area contributed by atoms with Crippen LogP contribution >= 0.6 is 0 Å². The van der Waals surface area contributed by atoms with E-state index in [1.807, 2.05) is 13.0 Å². The number of piperazine rings is 1. The number of rotatable bonds is 7. The van der Waals surface area contributed by atoms with Crippen LogP contribution in [0.3, 0.4) is 0 Å². The van der Waals surface area contributed by atoms with Gasteiger partial charge >= 0.3 is 0 Å². The molecule has 0 saturated carbocycles. The minimum absolute atomic E-state index is 0.0635. The molecule has 0 bridgehead atoms. The maximum absolute atomic E-state index is 12.9. The molecule has 1 atom stereocenters. The lowest BCUT2D eigenvalue weighted by atomic mass is 10.1. The van der Waals surface area contributed by atoms with Crippen LogP contribution in [-0.4, -0.2) is 54.5 Å². The highest BCUT2D eigenvalue weighted by molar-refractivity contribution is 5.81. The molecule has 0 radical (unpaired) electrons. The Balaban J connectivity index is 1.38. The summed E-state index contributed by atoms with van der Waals surface area (Å²) in [5, 5.41) is 3.01. The fourth-order valence-corrected chi connectivity index (χ4v) is 3.45. The molecule has 4 nitrogen and oxygen atoms in total. The van der Waals surface area contributed by atoms with E-state index in [1.54, 1.807) is 12.1 Å². The zero-order valence-electron chi connectivity index (χ0n) is 15.9. The second-order valence-electron chi connectivity index (χ2n) is 7.14. The van der Waals surface area contributed by atoms with Gasteiger partial charge in [-0.3, -0.25) is 14.6 Å². The van der Waals surface area contributed by atoms with Gasteiger partial charge in [0.2, 0.25) is 5.91 Å². The Kier molecular flexibility index (Phi) is 6.96. The molecule has 1 fully saturated rings. The van der Waals surface area contributed by atoms with E-state index in [1.165, 1.54) is 17.7 Å². The second kappa shape index (κ2) is 9.62. The summed E-state index contributed by atoms with van der Waals surface area (Å²) in [7, 11) is 0. The Labute approximate surface area is 161 Å². The minimum atomic E-state index is -0.234. The van der Waals surface area contributed by atoms with Crippen molar-refractivity contribution < 1.29 is 9.18 Å². The summed E-state index contributed by atoms with van der Waals surface area (Å²) in [4.78, 5) is 17.1. The van der Waals surface area contributed by atoms with Crippen molar-refractivity contribution in [3.63, 3.8) is 0 Å². The van der Waals surface area contributed by atoms with Crippen LogP contribution in [0.15, 0.2) is 54.6 Å². The molecule has 1 N–H and O–H groups in total. The average molecular weight is 369 g/mol. The van der Waals surface area contributed by atoms with Crippen LogP contribution in [0.1, 0.15) is 18.1 Å². The van der Waals surface area contributed by atoms with Gasteiger partial charge in [0, 0.05) is 39.3 Å². The molecular weight excluding hydrogens is 341 g/mol. The summed E-state index contributed by atoms with van der Waals surface area (Å²) >= 11 is 0. The van der Waals surface area contributed by atoms with E-state index < -0.39 is 0 Å². The normalized spacial score (nSPS) is 16.8. The number of carbonyl (C=O) groups is 1. The molecule has 144 valence electrons. The average Bonchev–Trinajstić information content (AvgIpc) is 2.70. The molecule has 0 aromatic heterocycles. The third kappa shape index (κ3) is 5.88. The Morgan fingerprint density at radius 1 is 1.00 bits per heavy atom. The number of carbonyl (C=O) groups excluding carboxylic acids is 1. The van der Waals surface area contributed by atoms with Gasteiger partial charge in [-0.2, -0.15) is 0 Å². The molecule has 2 aromatic rings. The highest BCUT2D eigenvalue weighted by atomic mass is 19.1. The largest absolute Gasteiger partial charge is 0.354 e. The third-order valence-corrected chi connectivity index (χ3v) is 5.21. The lowest BCUT2D eigenvalue weighted by molar-refractivity contribution is -0.126. The summed E-state index contributed by atoms with van der Waals surface area (Å²) < 4.78 is 12.9. The number of nitrogens with one attached hydrogen (secondary N) is 1. The predicted octanol–water partition coefficient (Wildman–Crippen LogP) is 2.69. The topological polar surface area (TPSA) is 35.6 Å². The maximum atomic E-state index is 12.9. The summed E-state index contributed by atoms with van der Waals surface area (Å²) in [6.45, 7) is 7.26. The molecule has 0 spiro atoms. The number of hydrogen-bond donors (Lipinski definition) is 1. The molecule has 5 heteroatoms. The molecule has 1 heterocycles. The first kappa shape index (κ1) is 19.5. The lowest BCUT2D eigenvalue weighted by Gasteiger charge is -2.37. The van der Waals surface area contributed by atoms with Crippen molar-refractivity contribution >= 4 is 5.91 Å². The van der Waals surface area contributed by atoms with E-state index in [-0.39, 0.29) is 17.8 Å². The van der Waals surface area contributed by atoms with Gasteiger partial charge in [0.1, 0.15) is 5.82 Å².